The van der Waals surface area contributed by atoms with Gasteiger partial charge in [-0.05, 0) is 47.2 Å². The van der Waals surface area contributed by atoms with Crippen LogP contribution < -0.4 is 5.32 Å². The summed E-state index contributed by atoms with van der Waals surface area (Å²) < 4.78 is 10.8. The number of carboxylic acid groups (broad SMARTS) is 1. The summed E-state index contributed by atoms with van der Waals surface area (Å²) in [5.74, 6) is -0.648. The van der Waals surface area contributed by atoms with Crippen molar-refractivity contribution in [2.45, 2.75) is 38.1 Å². The first kappa shape index (κ1) is 26.8. The van der Waals surface area contributed by atoms with Gasteiger partial charge in [0.2, 0.25) is 0 Å². The molecule has 1 heterocycles. The van der Waals surface area contributed by atoms with E-state index in [0.29, 0.717) is 12.0 Å². The SMILES string of the molecule is CCO[C@H](C(=O)N1C(=O)OC[C@@H]1Cc1ccccc1)[C@@H](O)c1ccc(-c2cccc(CNC(=O)O)c2)cc1. The van der Waals surface area contributed by atoms with E-state index in [0.717, 1.165) is 27.2 Å². The van der Waals surface area contributed by atoms with Crippen molar-refractivity contribution in [2.75, 3.05) is 13.2 Å². The molecule has 0 unspecified atom stereocenters. The minimum atomic E-state index is -1.31. The molecule has 0 aromatic heterocycles. The van der Waals surface area contributed by atoms with Gasteiger partial charge in [-0.2, -0.15) is 0 Å². The van der Waals surface area contributed by atoms with E-state index >= 15 is 0 Å². The molecule has 3 N–H and O–H groups in total. The second-order valence-electron chi connectivity index (χ2n) is 8.93. The van der Waals surface area contributed by atoms with Crippen molar-refractivity contribution in [3.8, 4) is 11.1 Å². The molecule has 198 valence electrons. The molecule has 3 aromatic rings. The maximum absolute atomic E-state index is 13.5. The topological polar surface area (TPSA) is 125 Å². The van der Waals surface area contributed by atoms with E-state index in [-0.39, 0.29) is 19.8 Å². The minimum Gasteiger partial charge on any atom is -0.465 e. The molecule has 3 aromatic carbocycles. The molecule has 4 rings (SSSR count). The van der Waals surface area contributed by atoms with Gasteiger partial charge in [-0.15, -0.1) is 0 Å². The van der Waals surface area contributed by atoms with Gasteiger partial charge in [0.25, 0.3) is 5.91 Å². The van der Waals surface area contributed by atoms with E-state index in [4.69, 9.17) is 14.6 Å². The van der Waals surface area contributed by atoms with Gasteiger partial charge in [0.15, 0.2) is 6.10 Å². The van der Waals surface area contributed by atoms with E-state index in [9.17, 15) is 19.5 Å². The predicted molar refractivity (Wildman–Crippen MR) is 139 cm³/mol. The number of ether oxygens (including phenoxy) is 2. The lowest BCUT2D eigenvalue weighted by Crippen LogP contribution is -2.48. The van der Waals surface area contributed by atoms with Crippen molar-refractivity contribution in [3.05, 3.63) is 95.6 Å². The van der Waals surface area contributed by atoms with Gasteiger partial charge in [0, 0.05) is 13.2 Å². The Labute approximate surface area is 220 Å². The average Bonchev–Trinajstić information content (AvgIpc) is 3.30. The third-order valence-corrected chi connectivity index (χ3v) is 6.35. The lowest BCUT2D eigenvalue weighted by atomic mass is 9.97. The number of carbonyl (C=O) groups is 3. The molecule has 1 aliphatic rings. The Morgan fingerprint density at radius 3 is 2.42 bits per heavy atom. The van der Waals surface area contributed by atoms with Crippen LogP contribution >= 0.6 is 0 Å². The molecule has 0 saturated carbocycles. The number of carbonyl (C=O) groups excluding carboxylic acids is 2. The highest BCUT2D eigenvalue weighted by Gasteiger charge is 2.43. The number of benzene rings is 3. The van der Waals surface area contributed by atoms with Gasteiger partial charge in [0.05, 0.1) is 6.04 Å². The Hall–Kier alpha value is -4.21. The summed E-state index contributed by atoms with van der Waals surface area (Å²) in [6, 6.07) is 23.4. The smallest absolute Gasteiger partial charge is 0.417 e. The molecule has 3 amide bonds. The number of aliphatic hydroxyl groups excluding tert-OH is 1. The lowest BCUT2D eigenvalue weighted by molar-refractivity contribution is -0.149. The van der Waals surface area contributed by atoms with Crippen molar-refractivity contribution < 1.29 is 34.1 Å². The molecule has 3 atom stereocenters. The number of cyclic esters (lactones) is 1. The van der Waals surface area contributed by atoms with Crippen LogP contribution in [0.4, 0.5) is 9.59 Å². The summed E-state index contributed by atoms with van der Waals surface area (Å²) in [6.45, 7) is 2.13. The highest BCUT2D eigenvalue weighted by atomic mass is 16.6. The van der Waals surface area contributed by atoms with E-state index in [1.54, 1.807) is 31.2 Å². The van der Waals surface area contributed by atoms with Crippen molar-refractivity contribution in [1.82, 2.24) is 10.2 Å². The van der Waals surface area contributed by atoms with Gasteiger partial charge in [-0.25, -0.2) is 14.5 Å². The Bertz CT molecular complexity index is 1260. The third-order valence-electron chi connectivity index (χ3n) is 6.35. The van der Waals surface area contributed by atoms with E-state index in [1.807, 2.05) is 54.6 Å². The quantitative estimate of drug-likeness (QED) is 0.368. The van der Waals surface area contributed by atoms with Gasteiger partial charge in [-0.1, -0.05) is 72.8 Å². The Balaban J connectivity index is 1.50. The fourth-order valence-corrected chi connectivity index (χ4v) is 4.47. The number of aliphatic hydroxyl groups is 1. The van der Waals surface area contributed by atoms with Crippen LogP contribution in [0.1, 0.15) is 29.7 Å². The Morgan fingerprint density at radius 1 is 1.03 bits per heavy atom. The summed E-state index contributed by atoms with van der Waals surface area (Å²) >= 11 is 0. The molecule has 1 saturated heterocycles. The molecule has 38 heavy (non-hydrogen) atoms. The fraction of sp³-hybridized carbons (Fsp3) is 0.276. The van der Waals surface area contributed by atoms with Gasteiger partial charge in [0.1, 0.15) is 12.7 Å². The Morgan fingerprint density at radius 2 is 1.74 bits per heavy atom. The normalized spacial score (nSPS) is 16.5. The van der Waals surface area contributed by atoms with Gasteiger partial charge >= 0.3 is 12.2 Å². The zero-order valence-corrected chi connectivity index (χ0v) is 20.9. The van der Waals surface area contributed by atoms with Crippen molar-refractivity contribution in [3.63, 3.8) is 0 Å². The summed E-state index contributed by atoms with van der Waals surface area (Å²) in [6.07, 6.45) is -4.02. The molecule has 9 nitrogen and oxygen atoms in total. The van der Waals surface area contributed by atoms with E-state index < -0.39 is 36.3 Å². The number of nitrogens with one attached hydrogen (secondary N) is 1. The summed E-state index contributed by atoms with van der Waals surface area (Å²) in [5, 5.41) is 22.3. The van der Waals surface area contributed by atoms with Gasteiger partial charge < -0.3 is 25.0 Å². The Kier molecular flexibility index (Phi) is 8.73. The second-order valence-corrected chi connectivity index (χ2v) is 8.93. The highest BCUT2D eigenvalue weighted by molar-refractivity contribution is 5.96. The largest absolute Gasteiger partial charge is 0.465 e. The van der Waals surface area contributed by atoms with Crippen LogP contribution in [-0.2, 0) is 27.2 Å². The number of imide groups is 1. The van der Waals surface area contributed by atoms with E-state index in [2.05, 4.69) is 5.32 Å². The first-order chi connectivity index (χ1) is 18.4. The van der Waals surface area contributed by atoms with Crippen LogP contribution in [-0.4, -0.2) is 58.6 Å². The molecule has 0 aliphatic carbocycles. The van der Waals surface area contributed by atoms with E-state index in [1.165, 1.54) is 0 Å². The van der Waals surface area contributed by atoms with Crippen LogP contribution in [0.15, 0.2) is 78.9 Å². The summed E-state index contributed by atoms with van der Waals surface area (Å²) in [7, 11) is 0. The van der Waals surface area contributed by atoms with Crippen LogP contribution in [0.3, 0.4) is 0 Å². The molecule has 1 aliphatic heterocycles. The maximum atomic E-state index is 13.5. The number of nitrogens with zero attached hydrogens (tertiary/aromatic N) is 1. The van der Waals surface area contributed by atoms with Crippen LogP contribution in [0.25, 0.3) is 11.1 Å². The molecular weight excluding hydrogens is 488 g/mol. The molecule has 0 bridgehead atoms. The molecule has 9 heteroatoms. The van der Waals surface area contributed by atoms with Gasteiger partial charge in [-0.3, -0.25) is 4.79 Å². The molecular formula is C29H30N2O7. The maximum Gasteiger partial charge on any atom is 0.417 e. The number of rotatable bonds is 10. The predicted octanol–water partition coefficient (Wildman–Crippen LogP) is 4.15. The zero-order valence-electron chi connectivity index (χ0n) is 20.9. The zero-order chi connectivity index (χ0) is 27.1. The average molecular weight is 519 g/mol. The number of hydrogen-bond donors (Lipinski definition) is 3. The van der Waals surface area contributed by atoms with Crippen LogP contribution in [0.2, 0.25) is 0 Å². The number of amides is 3. The summed E-state index contributed by atoms with van der Waals surface area (Å²) in [4.78, 5) is 37.8. The monoisotopic (exact) mass is 518 g/mol. The lowest BCUT2D eigenvalue weighted by Gasteiger charge is -2.28. The highest BCUT2D eigenvalue weighted by Crippen LogP contribution is 2.28. The fourth-order valence-electron chi connectivity index (χ4n) is 4.47. The second kappa shape index (κ2) is 12.4. The van der Waals surface area contributed by atoms with Crippen LogP contribution in [0, 0.1) is 0 Å². The number of hydrogen-bond acceptors (Lipinski definition) is 6. The standard InChI is InChI=1S/C29H30N2O7/c1-2-37-26(27(33)31-24(18-38-29(31)36)16-19-7-4-3-5-8-19)25(32)22-13-11-21(12-14-22)23-10-6-9-20(15-23)17-30-28(34)35/h3-15,24-26,30,32H,2,16-18H2,1H3,(H,34,35)/t24-,25-,26-/m0/s1. The molecule has 0 spiro atoms. The van der Waals surface area contributed by atoms with Crippen LogP contribution in [0.5, 0.6) is 0 Å². The minimum absolute atomic E-state index is 0.0736. The molecule has 1 fully saturated rings. The van der Waals surface area contributed by atoms with Crippen molar-refractivity contribution >= 4 is 18.1 Å². The first-order valence-electron chi connectivity index (χ1n) is 12.4. The first-order valence-corrected chi connectivity index (χ1v) is 12.4. The summed E-state index contributed by atoms with van der Waals surface area (Å²) in [5.41, 5.74) is 3.94. The molecule has 0 radical (unpaired) electrons. The van der Waals surface area contributed by atoms with Crippen molar-refractivity contribution in [1.29, 1.82) is 0 Å². The van der Waals surface area contributed by atoms with Crippen molar-refractivity contribution in [2.24, 2.45) is 0 Å². The third kappa shape index (κ3) is 6.37.